The molecular weight excluding hydrogens is 488 g/mol. The number of nitrogens with zero attached hydrogens (tertiary/aromatic N) is 4. The van der Waals surface area contributed by atoms with Crippen molar-refractivity contribution in [2.75, 3.05) is 20.2 Å². The summed E-state index contributed by atoms with van der Waals surface area (Å²) in [7, 11) is 2.13. The Morgan fingerprint density at radius 3 is 2.79 bits per heavy atom. The fourth-order valence-electron chi connectivity index (χ4n) is 5.64. The first kappa shape index (κ1) is 26.9. The molecule has 39 heavy (non-hydrogen) atoms. The van der Waals surface area contributed by atoms with Gasteiger partial charge in [-0.15, -0.1) is 0 Å². The molecule has 4 aromatic rings. The lowest BCUT2D eigenvalue weighted by Gasteiger charge is -2.36. The van der Waals surface area contributed by atoms with Crippen LogP contribution in [-0.2, 0) is 24.3 Å². The molecule has 2 aromatic heterocycles. The van der Waals surface area contributed by atoms with E-state index in [9.17, 15) is 4.79 Å². The number of aromatic nitrogens is 2. The van der Waals surface area contributed by atoms with Crippen LogP contribution in [0.3, 0.4) is 0 Å². The van der Waals surface area contributed by atoms with Gasteiger partial charge in [-0.1, -0.05) is 41.6 Å². The van der Waals surface area contributed by atoms with Gasteiger partial charge in [-0.25, -0.2) is 0 Å². The summed E-state index contributed by atoms with van der Waals surface area (Å²) in [6.45, 7) is 6.79. The van der Waals surface area contributed by atoms with Crippen molar-refractivity contribution in [1.82, 2.24) is 19.9 Å². The number of pyridine rings is 1. The molecule has 1 aliphatic rings. The zero-order valence-corrected chi connectivity index (χ0v) is 23.2. The minimum atomic E-state index is 0.153. The van der Waals surface area contributed by atoms with E-state index in [4.69, 9.17) is 9.26 Å². The highest BCUT2D eigenvalue weighted by Crippen LogP contribution is 2.24. The second-order valence-corrected chi connectivity index (χ2v) is 10.7. The molecule has 7 nitrogen and oxygen atoms in total. The summed E-state index contributed by atoms with van der Waals surface area (Å²) in [4.78, 5) is 22.1. The Bertz CT molecular complexity index is 1390. The molecule has 5 rings (SSSR count). The Labute approximate surface area is 230 Å². The van der Waals surface area contributed by atoms with Crippen molar-refractivity contribution in [3.63, 3.8) is 0 Å². The van der Waals surface area contributed by atoms with Crippen LogP contribution in [-0.4, -0.2) is 52.1 Å². The van der Waals surface area contributed by atoms with Crippen LogP contribution in [0.5, 0.6) is 5.75 Å². The molecule has 0 aliphatic carbocycles. The van der Waals surface area contributed by atoms with E-state index in [-0.39, 0.29) is 11.9 Å². The van der Waals surface area contributed by atoms with E-state index in [1.54, 1.807) is 0 Å². The van der Waals surface area contributed by atoms with E-state index < -0.39 is 0 Å². The average molecular weight is 527 g/mol. The molecule has 2 aromatic carbocycles. The summed E-state index contributed by atoms with van der Waals surface area (Å²) in [6.07, 6.45) is 6.25. The zero-order valence-electron chi connectivity index (χ0n) is 23.2. The Morgan fingerprint density at radius 1 is 1.10 bits per heavy atom. The number of likely N-dealkylation sites (tertiary alicyclic amines) is 1. The number of fused-ring (bicyclic) bond motifs is 1. The molecule has 0 bridgehead atoms. The van der Waals surface area contributed by atoms with Crippen molar-refractivity contribution >= 4 is 16.8 Å². The molecule has 0 unspecified atom stereocenters. The van der Waals surface area contributed by atoms with E-state index in [0.29, 0.717) is 13.0 Å². The maximum atomic E-state index is 13.2. The first-order valence-electron chi connectivity index (χ1n) is 13.9. The largest absolute Gasteiger partial charge is 0.494 e. The number of rotatable bonds is 10. The maximum Gasteiger partial charge on any atom is 0.227 e. The Hall–Kier alpha value is -3.71. The van der Waals surface area contributed by atoms with E-state index in [1.165, 1.54) is 16.5 Å². The average Bonchev–Trinajstić information content (AvgIpc) is 3.26. The maximum absolute atomic E-state index is 13.2. The molecule has 1 aliphatic heterocycles. The number of amides is 1. The van der Waals surface area contributed by atoms with Gasteiger partial charge in [0.05, 0.1) is 24.2 Å². The molecule has 3 heterocycles. The van der Waals surface area contributed by atoms with Crippen LogP contribution in [0.1, 0.15) is 53.8 Å². The van der Waals surface area contributed by atoms with Crippen LogP contribution in [0.15, 0.2) is 65.3 Å². The first-order valence-corrected chi connectivity index (χ1v) is 13.9. The summed E-state index contributed by atoms with van der Waals surface area (Å²) in [6, 6.07) is 19.0. The lowest BCUT2D eigenvalue weighted by Crippen LogP contribution is -2.45. The van der Waals surface area contributed by atoms with Gasteiger partial charge in [-0.3, -0.25) is 14.7 Å². The van der Waals surface area contributed by atoms with Crippen LogP contribution in [0.4, 0.5) is 0 Å². The molecule has 1 fully saturated rings. The van der Waals surface area contributed by atoms with Gasteiger partial charge in [0, 0.05) is 49.2 Å². The summed E-state index contributed by atoms with van der Waals surface area (Å²) in [5.41, 5.74) is 5.21. The molecule has 7 heteroatoms. The number of benzene rings is 2. The van der Waals surface area contributed by atoms with Crippen molar-refractivity contribution < 1.29 is 14.1 Å². The normalized spacial score (nSPS) is 15.7. The Kier molecular flexibility index (Phi) is 8.57. The van der Waals surface area contributed by atoms with Crippen molar-refractivity contribution in [1.29, 1.82) is 0 Å². The number of para-hydroxylation sites is 1. The third-order valence-corrected chi connectivity index (χ3v) is 7.68. The van der Waals surface area contributed by atoms with Crippen molar-refractivity contribution in [3.05, 3.63) is 88.9 Å². The lowest BCUT2D eigenvalue weighted by molar-refractivity contribution is -0.134. The number of ether oxygens (including phenoxy) is 1. The lowest BCUT2D eigenvalue weighted by atomic mass is 9.98. The van der Waals surface area contributed by atoms with E-state index in [0.717, 1.165) is 73.6 Å². The monoisotopic (exact) mass is 526 g/mol. The van der Waals surface area contributed by atoms with Gasteiger partial charge in [0.2, 0.25) is 5.91 Å². The van der Waals surface area contributed by atoms with Gasteiger partial charge in [-0.2, -0.15) is 0 Å². The van der Waals surface area contributed by atoms with E-state index in [1.807, 2.05) is 37.1 Å². The van der Waals surface area contributed by atoms with E-state index >= 15 is 0 Å². The second kappa shape index (κ2) is 12.4. The summed E-state index contributed by atoms with van der Waals surface area (Å²) in [5, 5.41) is 5.17. The molecule has 0 N–H and O–H groups in total. The fraction of sp³-hybridized carbons (Fsp3) is 0.406. The first-order chi connectivity index (χ1) is 19.0. The third-order valence-electron chi connectivity index (χ3n) is 7.68. The molecule has 0 radical (unpaired) electrons. The van der Waals surface area contributed by atoms with Crippen LogP contribution in [0.2, 0.25) is 0 Å². The topological polar surface area (TPSA) is 71.7 Å². The van der Waals surface area contributed by atoms with E-state index in [2.05, 4.69) is 64.6 Å². The smallest absolute Gasteiger partial charge is 0.227 e. The molecule has 1 atom stereocenters. The Morgan fingerprint density at radius 2 is 1.95 bits per heavy atom. The van der Waals surface area contributed by atoms with Crippen molar-refractivity contribution in [2.45, 2.75) is 65.1 Å². The molecule has 204 valence electrons. The van der Waals surface area contributed by atoms with Crippen molar-refractivity contribution in [3.8, 4) is 5.75 Å². The highest BCUT2D eigenvalue weighted by Gasteiger charge is 2.28. The second-order valence-electron chi connectivity index (χ2n) is 10.7. The Balaban J connectivity index is 1.14. The van der Waals surface area contributed by atoms with Gasteiger partial charge in [0.15, 0.2) is 0 Å². The zero-order chi connectivity index (χ0) is 27.2. The predicted octanol–water partition coefficient (Wildman–Crippen LogP) is 5.86. The molecule has 1 amide bonds. The minimum absolute atomic E-state index is 0.153. The van der Waals surface area contributed by atoms with Gasteiger partial charge >= 0.3 is 0 Å². The summed E-state index contributed by atoms with van der Waals surface area (Å²) >= 11 is 0. The molecule has 0 saturated carbocycles. The fourth-order valence-corrected chi connectivity index (χ4v) is 5.64. The van der Waals surface area contributed by atoms with Crippen LogP contribution in [0.25, 0.3) is 10.9 Å². The molecule has 1 saturated heterocycles. The molecule has 0 spiro atoms. The van der Waals surface area contributed by atoms with Crippen LogP contribution in [0, 0.1) is 13.8 Å². The van der Waals surface area contributed by atoms with Gasteiger partial charge in [0.1, 0.15) is 11.5 Å². The third kappa shape index (κ3) is 6.66. The quantitative estimate of drug-likeness (QED) is 0.258. The van der Waals surface area contributed by atoms with Gasteiger partial charge in [-0.05, 0) is 69.5 Å². The minimum Gasteiger partial charge on any atom is -0.494 e. The highest BCUT2D eigenvalue weighted by atomic mass is 16.5. The van der Waals surface area contributed by atoms with Gasteiger partial charge in [0.25, 0.3) is 0 Å². The van der Waals surface area contributed by atoms with Crippen molar-refractivity contribution in [2.24, 2.45) is 0 Å². The SMILES string of the molecule is Cc1noc(C)c1CC(=O)N1CCCC[C@@H]1CCOc1cccc(CN(C)Cc2cccc3cccnc23)c1. The van der Waals surface area contributed by atoms with Crippen LogP contribution >= 0.6 is 0 Å². The number of carbonyl (C=O) groups excluding carboxylic acids is 1. The standard InChI is InChI=1S/C32H38N4O3/c1-23-30(24(2)39-34-23)20-31(37)36-17-5-4-13-28(36)15-18-38-29-14-6-9-25(19-29)21-35(3)22-27-11-7-10-26-12-8-16-33-32(26)27/h6-12,14,16,19,28H,4-5,13,15,17-18,20-22H2,1-3H3/t28-/m1/s1. The number of piperidine rings is 1. The van der Waals surface area contributed by atoms with Gasteiger partial charge < -0.3 is 14.2 Å². The number of carbonyl (C=O) groups is 1. The van der Waals surface area contributed by atoms with Crippen LogP contribution < -0.4 is 4.74 Å². The molecular formula is C32H38N4O3. The predicted molar refractivity (Wildman–Crippen MR) is 153 cm³/mol. The number of hydrogen-bond acceptors (Lipinski definition) is 6. The highest BCUT2D eigenvalue weighted by molar-refractivity contribution is 5.81. The summed E-state index contributed by atoms with van der Waals surface area (Å²) < 4.78 is 11.4. The summed E-state index contributed by atoms with van der Waals surface area (Å²) in [5.74, 6) is 1.76. The number of hydrogen-bond donors (Lipinski definition) is 0. The number of aryl methyl sites for hydroxylation is 2.